The van der Waals surface area contributed by atoms with E-state index in [2.05, 4.69) is 9.69 Å². The van der Waals surface area contributed by atoms with Crippen molar-refractivity contribution in [1.29, 1.82) is 0 Å². The molecule has 1 N–H and O–H groups in total. The van der Waals surface area contributed by atoms with E-state index in [4.69, 9.17) is 0 Å². The Morgan fingerprint density at radius 1 is 1.42 bits per heavy atom. The van der Waals surface area contributed by atoms with Crippen LogP contribution in [0.4, 0.5) is 10.7 Å². The van der Waals surface area contributed by atoms with Gasteiger partial charge in [-0.05, 0) is 37.5 Å². The molecule has 2 rings (SSSR count). The van der Waals surface area contributed by atoms with E-state index in [9.17, 15) is 14.9 Å². The van der Waals surface area contributed by atoms with Crippen LogP contribution in [0.2, 0.25) is 0 Å². The number of aromatic nitrogens is 1. The second kappa shape index (κ2) is 5.15. The molecular weight excluding hydrogens is 266 g/mol. The molecule has 0 aliphatic heterocycles. The number of benzene rings is 1. The van der Waals surface area contributed by atoms with Crippen molar-refractivity contribution in [2.75, 3.05) is 5.32 Å². The molecule has 0 radical (unpaired) electrons. The van der Waals surface area contributed by atoms with Crippen molar-refractivity contribution in [3.05, 3.63) is 51.2 Å². The molecule has 0 aliphatic carbocycles. The summed E-state index contributed by atoms with van der Waals surface area (Å²) < 4.78 is 4.05. The Hall–Kier alpha value is -2.28. The molecule has 0 aliphatic rings. The second-order valence-corrected chi connectivity index (χ2v) is 4.80. The molecule has 98 valence electrons. The lowest BCUT2D eigenvalue weighted by Gasteiger charge is -2.05. The lowest BCUT2D eigenvalue weighted by Crippen LogP contribution is -2.13. The molecule has 0 spiro atoms. The maximum absolute atomic E-state index is 12.1. The van der Waals surface area contributed by atoms with Crippen LogP contribution in [0.3, 0.4) is 0 Å². The molecule has 0 unspecified atom stereocenters. The van der Waals surface area contributed by atoms with Crippen LogP contribution in [0.15, 0.2) is 24.3 Å². The topological polar surface area (TPSA) is 85.1 Å². The lowest BCUT2D eigenvalue weighted by molar-refractivity contribution is -0.385. The number of carbonyl (C=O) groups excluding carboxylic acids is 1. The number of aryl methyl sites for hydroxylation is 1. The number of amides is 1. The van der Waals surface area contributed by atoms with E-state index in [-0.39, 0.29) is 11.6 Å². The van der Waals surface area contributed by atoms with Gasteiger partial charge in [0.2, 0.25) is 0 Å². The minimum Gasteiger partial charge on any atom is -0.312 e. The van der Waals surface area contributed by atoms with Gasteiger partial charge in [-0.1, -0.05) is 6.07 Å². The minimum absolute atomic E-state index is 0.0619. The van der Waals surface area contributed by atoms with Crippen LogP contribution >= 0.6 is 11.5 Å². The maximum Gasteiger partial charge on any atom is 0.273 e. The van der Waals surface area contributed by atoms with E-state index in [1.54, 1.807) is 19.1 Å². The molecule has 19 heavy (non-hydrogen) atoms. The molecule has 0 fully saturated rings. The number of nitro groups is 1. The van der Waals surface area contributed by atoms with E-state index in [1.807, 2.05) is 6.92 Å². The average Bonchev–Trinajstić information content (AvgIpc) is 2.74. The summed E-state index contributed by atoms with van der Waals surface area (Å²) in [5.74, 6) is -0.371. The Labute approximate surface area is 113 Å². The number of rotatable bonds is 3. The Balaban J connectivity index is 2.29. The van der Waals surface area contributed by atoms with E-state index in [0.29, 0.717) is 16.1 Å². The maximum atomic E-state index is 12.1. The zero-order chi connectivity index (χ0) is 14.0. The van der Waals surface area contributed by atoms with Crippen LogP contribution in [-0.2, 0) is 0 Å². The highest BCUT2D eigenvalue weighted by atomic mass is 32.1. The summed E-state index contributed by atoms with van der Waals surface area (Å²) in [6, 6.07) is 6.18. The quantitative estimate of drug-likeness (QED) is 0.690. The van der Waals surface area contributed by atoms with Crippen molar-refractivity contribution in [2.45, 2.75) is 13.8 Å². The summed E-state index contributed by atoms with van der Waals surface area (Å²) in [5, 5.41) is 14.1. The summed E-state index contributed by atoms with van der Waals surface area (Å²) >= 11 is 1.17. The molecule has 1 amide bonds. The van der Waals surface area contributed by atoms with Crippen LogP contribution in [0, 0.1) is 24.0 Å². The van der Waals surface area contributed by atoms with Crippen molar-refractivity contribution >= 4 is 28.1 Å². The Morgan fingerprint density at radius 3 is 2.74 bits per heavy atom. The van der Waals surface area contributed by atoms with Crippen molar-refractivity contribution < 1.29 is 9.72 Å². The molecule has 2 aromatic rings. The standard InChI is InChI=1S/C12H11N3O3S/c1-7-6-11(19-14-7)13-12(16)9-4-3-5-10(8(9)2)15(17)18/h3-6H,1-2H3,(H,13,16). The van der Waals surface area contributed by atoms with E-state index in [0.717, 1.165) is 5.69 Å². The minimum atomic E-state index is -0.497. The smallest absolute Gasteiger partial charge is 0.273 e. The molecule has 0 bridgehead atoms. The largest absolute Gasteiger partial charge is 0.312 e. The van der Waals surface area contributed by atoms with Crippen LogP contribution in [0.25, 0.3) is 0 Å². The summed E-state index contributed by atoms with van der Waals surface area (Å²) in [6.07, 6.45) is 0. The van der Waals surface area contributed by atoms with Gasteiger partial charge in [-0.2, -0.15) is 4.37 Å². The molecule has 7 heteroatoms. The first-order valence-electron chi connectivity index (χ1n) is 5.47. The molecule has 1 aromatic carbocycles. The Morgan fingerprint density at radius 2 is 2.16 bits per heavy atom. The van der Waals surface area contributed by atoms with E-state index < -0.39 is 4.92 Å². The SMILES string of the molecule is Cc1cc(NC(=O)c2cccc([N+](=O)[O-])c2C)sn1. The zero-order valence-electron chi connectivity index (χ0n) is 10.3. The van der Waals surface area contributed by atoms with Gasteiger partial charge in [0, 0.05) is 17.2 Å². The second-order valence-electron chi connectivity index (χ2n) is 3.99. The number of hydrogen-bond donors (Lipinski definition) is 1. The molecule has 1 heterocycles. The van der Waals surface area contributed by atoms with Gasteiger partial charge in [0.05, 0.1) is 10.6 Å². The molecule has 0 saturated heterocycles. The molecule has 1 aromatic heterocycles. The lowest BCUT2D eigenvalue weighted by atomic mass is 10.1. The average molecular weight is 277 g/mol. The summed E-state index contributed by atoms with van der Waals surface area (Å²) in [4.78, 5) is 22.4. The third-order valence-corrected chi connectivity index (χ3v) is 3.41. The van der Waals surface area contributed by atoms with E-state index in [1.165, 1.54) is 23.7 Å². The number of nitrogens with one attached hydrogen (secondary N) is 1. The highest BCUT2D eigenvalue weighted by Gasteiger charge is 2.18. The number of nitro benzene ring substituents is 1. The van der Waals surface area contributed by atoms with Crippen LogP contribution in [0.1, 0.15) is 21.6 Å². The fourth-order valence-corrected chi connectivity index (χ4v) is 2.33. The van der Waals surface area contributed by atoms with Crippen LogP contribution in [-0.4, -0.2) is 15.2 Å². The third-order valence-electron chi connectivity index (χ3n) is 2.61. The highest BCUT2D eigenvalue weighted by Crippen LogP contribution is 2.23. The monoisotopic (exact) mass is 277 g/mol. The number of carbonyl (C=O) groups is 1. The molecule has 6 nitrogen and oxygen atoms in total. The van der Waals surface area contributed by atoms with Crippen molar-refractivity contribution in [3.63, 3.8) is 0 Å². The first-order valence-corrected chi connectivity index (χ1v) is 6.25. The third kappa shape index (κ3) is 2.76. The molecular formula is C12H11N3O3S. The Bertz CT molecular complexity index is 651. The van der Waals surface area contributed by atoms with Crippen molar-refractivity contribution in [3.8, 4) is 0 Å². The Kier molecular flexibility index (Phi) is 3.57. The van der Waals surface area contributed by atoms with Crippen LogP contribution in [0.5, 0.6) is 0 Å². The molecule has 0 saturated carbocycles. The number of hydrogen-bond acceptors (Lipinski definition) is 5. The van der Waals surface area contributed by atoms with Crippen molar-refractivity contribution in [2.24, 2.45) is 0 Å². The van der Waals surface area contributed by atoms with Gasteiger partial charge in [0.1, 0.15) is 5.00 Å². The van der Waals surface area contributed by atoms with E-state index >= 15 is 0 Å². The van der Waals surface area contributed by atoms with Gasteiger partial charge in [-0.25, -0.2) is 0 Å². The van der Waals surface area contributed by atoms with Gasteiger partial charge >= 0.3 is 0 Å². The predicted molar refractivity (Wildman–Crippen MR) is 72.6 cm³/mol. The van der Waals surface area contributed by atoms with Gasteiger partial charge in [0.25, 0.3) is 11.6 Å². The first kappa shape index (κ1) is 13.2. The highest BCUT2D eigenvalue weighted by molar-refractivity contribution is 7.10. The van der Waals surface area contributed by atoms with Gasteiger partial charge in [-0.3, -0.25) is 14.9 Å². The van der Waals surface area contributed by atoms with Gasteiger partial charge in [-0.15, -0.1) is 0 Å². The predicted octanol–water partition coefficient (Wildman–Crippen LogP) is 2.92. The van der Waals surface area contributed by atoms with Crippen LogP contribution < -0.4 is 5.32 Å². The molecule has 0 atom stereocenters. The fraction of sp³-hybridized carbons (Fsp3) is 0.167. The van der Waals surface area contributed by atoms with Crippen molar-refractivity contribution in [1.82, 2.24) is 4.37 Å². The zero-order valence-corrected chi connectivity index (χ0v) is 11.2. The first-order chi connectivity index (χ1) is 8.99. The normalized spacial score (nSPS) is 10.2. The summed E-state index contributed by atoms with van der Waals surface area (Å²) in [6.45, 7) is 3.38. The van der Waals surface area contributed by atoms with Gasteiger partial charge in [0.15, 0.2) is 0 Å². The number of nitrogens with zero attached hydrogens (tertiary/aromatic N) is 2. The number of anilines is 1. The summed E-state index contributed by atoms with van der Waals surface area (Å²) in [5.41, 5.74) is 1.40. The fourth-order valence-electron chi connectivity index (χ4n) is 1.67. The summed E-state index contributed by atoms with van der Waals surface area (Å²) in [7, 11) is 0. The van der Waals surface area contributed by atoms with Gasteiger partial charge < -0.3 is 5.32 Å².